The molecule has 0 aliphatic heterocycles. The molecule has 0 saturated carbocycles. The second-order valence-corrected chi connectivity index (χ2v) is 5.54. The maximum atomic E-state index is 6.14. The molecule has 1 heterocycles. The number of benzene rings is 1. The molecule has 0 aliphatic rings. The van der Waals surface area contributed by atoms with Crippen LogP contribution in [-0.2, 0) is 20.1 Å². The van der Waals surface area contributed by atoms with E-state index in [1.54, 1.807) is 13.1 Å². The standard InChI is InChI=1S/C15H18Cl2N4.HI/c1-18-15(19-8-11-5-6-21(2)10-11)20-9-12-3-4-13(16)7-14(12)17;/h3-7,10H,8-9H2,1-2H3,(H2,18,19,20);1H. The van der Waals surface area contributed by atoms with Crippen LogP contribution in [0.2, 0.25) is 10.0 Å². The predicted octanol–water partition coefficient (Wildman–Crippen LogP) is 3.82. The van der Waals surface area contributed by atoms with Gasteiger partial charge in [-0.2, -0.15) is 0 Å². The number of nitrogens with one attached hydrogen (secondary N) is 2. The van der Waals surface area contributed by atoms with Gasteiger partial charge in [-0.25, -0.2) is 0 Å². The fourth-order valence-electron chi connectivity index (χ4n) is 1.92. The molecule has 0 fully saturated rings. The third-order valence-corrected chi connectivity index (χ3v) is 3.63. The summed E-state index contributed by atoms with van der Waals surface area (Å²) in [4.78, 5) is 4.19. The highest BCUT2D eigenvalue weighted by molar-refractivity contribution is 14.0. The Bertz CT molecular complexity index is 640. The zero-order valence-corrected chi connectivity index (χ0v) is 16.3. The fourth-order valence-corrected chi connectivity index (χ4v) is 2.39. The SMILES string of the molecule is CN=C(NCc1ccn(C)c1)NCc1ccc(Cl)cc1Cl.I. The van der Waals surface area contributed by atoms with Gasteiger partial charge in [-0.15, -0.1) is 24.0 Å². The van der Waals surface area contributed by atoms with Crippen LogP contribution >= 0.6 is 47.2 Å². The van der Waals surface area contributed by atoms with Gasteiger partial charge in [0.05, 0.1) is 0 Å². The van der Waals surface area contributed by atoms with Crippen molar-refractivity contribution in [3.63, 3.8) is 0 Å². The summed E-state index contributed by atoms with van der Waals surface area (Å²) in [7, 11) is 3.74. The van der Waals surface area contributed by atoms with Crippen LogP contribution in [0.3, 0.4) is 0 Å². The molecule has 120 valence electrons. The molecular weight excluding hydrogens is 434 g/mol. The molecule has 1 aromatic carbocycles. The molecule has 1 aromatic heterocycles. The van der Waals surface area contributed by atoms with Gasteiger partial charge < -0.3 is 15.2 Å². The molecule has 22 heavy (non-hydrogen) atoms. The minimum absolute atomic E-state index is 0. The van der Waals surface area contributed by atoms with Gasteiger partial charge in [-0.3, -0.25) is 4.99 Å². The molecule has 0 bridgehead atoms. The molecule has 0 unspecified atom stereocenters. The summed E-state index contributed by atoms with van der Waals surface area (Å²) < 4.78 is 2.01. The second-order valence-electron chi connectivity index (χ2n) is 4.70. The quantitative estimate of drug-likeness (QED) is 0.420. The topological polar surface area (TPSA) is 41.4 Å². The Morgan fingerprint density at radius 2 is 1.91 bits per heavy atom. The highest BCUT2D eigenvalue weighted by Crippen LogP contribution is 2.20. The first-order chi connectivity index (χ1) is 10.1. The number of rotatable bonds is 4. The van der Waals surface area contributed by atoms with Gasteiger partial charge in [0.15, 0.2) is 5.96 Å². The van der Waals surface area contributed by atoms with Crippen LogP contribution in [0.5, 0.6) is 0 Å². The lowest BCUT2D eigenvalue weighted by Gasteiger charge is -2.12. The zero-order chi connectivity index (χ0) is 15.2. The number of halogens is 3. The fraction of sp³-hybridized carbons (Fsp3) is 0.267. The average Bonchev–Trinajstić information content (AvgIpc) is 2.86. The van der Waals surface area contributed by atoms with Crippen molar-refractivity contribution >= 4 is 53.1 Å². The van der Waals surface area contributed by atoms with Gasteiger partial charge in [-0.05, 0) is 29.3 Å². The van der Waals surface area contributed by atoms with Crippen molar-refractivity contribution in [2.75, 3.05) is 7.05 Å². The molecule has 7 heteroatoms. The molecular formula is C15H19Cl2IN4. The summed E-state index contributed by atoms with van der Waals surface area (Å²) >= 11 is 12.0. The van der Waals surface area contributed by atoms with Gasteiger partial charge >= 0.3 is 0 Å². The monoisotopic (exact) mass is 452 g/mol. The molecule has 0 amide bonds. The summed E-state index contributed by atoms with van der Waals surface area (Å²) in [5.74, 6) is 0.727. The van der Waals surface area contributed by atoms with E-state index in [4.69, 9.17) is 23.2 Å². The molecule has 2 rings (SSSR count). The molecule has 4 nitrogen and oxygen atoms in total. The number of aliphatic imine (C=N–C) groups is 1. The van der Waals surface area contributed by atoms with Crippen molar-refractivity contribution < 1.29 is 0 Å². The van der Waals surface area contributed by atoms with E-state index in [1.807, 2.05) is 29.9 Å². The second kappa shape index (κ2) is 9.27. The van der Waals surface area contributed by atoms with E-state index in [0.29, 0.717) is 16.6 Å². The Labute approximate surface area is 157 Å². The van der Waals surface area contributed by atoms with Crippen molar-refractivity contribution in [1.29, 1.82) is 0 Å². The first kappa shape index (κ1) is 19.1. The number of hydrogen-bond donors (Lipinski definition) is 2. The Balaban J connectivity index is 0.00000242. The first-order valence-corrected chi connectivity index (χ1v) is 7.33. The van der Waals surface area contributed by atoms with Crippen LogP contribution < -0.4 is 10.6 Å². The van der Waals surface area contributed by atoms with Gasteiger partial charge in [0.25, 0.3) is 0 Å². The summed E-state index contributed by atoms with van der Waals surface area (Å²) in [6.07, 6.45) is 4.08. The van der Waals surface area contributed by atoms with Crippen molar-refractivity contribution in [3.8, 4) is 0 Å². The number of nitrogens with zero attached hydrogens (tertiary/aromatic N) is 2. The molecule has 0 radical (unpaired) electrons. The highest BCUT2D eigenvalue weighted by Gasteiger charge is 2.03. The van der Waals surface area contributed by atoms with Crippen LogP contribution in [0.15, 0.2) is 41.7 Å². The number of aryl methyl sites for hydroxylation is 1. The van der Waals surface area contributed by atoms with Crippen LogP contribution in [0, 0.1) is 0 Å². The first-order valence-electron chi connectivity index (χ1n) is 6.58. The summed E-state index contributed by atoms with van der Waals surface area (Å²) in [5, 5.41) is 7.77. The largest absolute Gasteiger partial charge is 0.357 e. The third kappa shape index (κ3) is 5.70. The van der Waals surface area contributed by atoms with Gasteiger partial charge in [0.1, 0.15) is 0 Å². The Morgan fingerprint density at radius 3 is 2.50 bits per heavy atom. The maximum absolute atomic E-state index is 6.14. The van der Waals surface area contributed by atoms with E-state index < -0.39 is 0 Å². The smallest absolute Gasteiger partial charge is 0.191 e. The molecule has 0 saturated heterocycles. The predicted molar refractivity (Wildman–Crippen MR) is 104 cm³/mol. The number of guanidine groups is 1. The minimum Gasteiger partial charge on any atom is -0.357 e. The Kier molecular flexibility index (Phi) is 8.06. The lowest BCUT2D eigenvalue weighted by Crippen LogP contribution is -2.36. The summed E-state index contributed by atoms with van der Waals surface area (Å²) in [6, 6.07) is 7.53. The molecule has 0 atom stereocenters. The van der Waals surface area contributed by atoms with Crippen LogP contribution in [0.4, 0.5) is 0 Å². The van der Waals surface area contributed by atoms with Crippen LogP contribution in [-0.4, -0.2) is 17.6 Å². The molecule has 2 aromatic rings. The van der Waals surface area contributed by atoms with Crippen LogP contribution in [0.25, 0.3) is 0 Å². The summed E-state index contributed by atoms with van der Waals surface area (Å²) in [6.45, 7) is 1.30. The lowest BCUT2D eigenvalue weighted by molar-refractivity contribution is 0.806. The van der Waals surface area contributed by atoms with Crippen molar-refractivity contribution in [1.82, 2.24) is 15.2 Å². The minimum atomic E-state index is 0. The van der Waals surface area contributed by atoms with E-state index >= 15 is 0 Å². The van der Waals surface area contributed by atoms with Gasteiger partial charge in [0, 0.05) is 49.6 Å². The normalized spacial score (nSPS) is 11.0. The molecule has 0 spiro atoms. The van der Waals surface area contributed by atoms with Crippen molar-refractivity contribution in [2.45, 2.75) is 13.1 Å². The molecule has 2 N–H and O–H groups in total. The van der Waals surface area contributed by atoms with Crippen molar-refractivity contribution in [3.05, 3.63) is 57.8 Å². The number of aromatic nitrogens is 1. The number of hydrogen-bond acceptors (Lipinski definition) is 1. The average molecular weight is 453 g/mol. The van der Waals surface area contributed by atoms with Gasteiger partial charge in [0.2, 0.25) is 0 Å². The Morgan fingerprint density at radius 1 is 1.18 bits per heavy atom. The molecule has 0 aliphatic carbocycles. The van der Waals surface area contributed by atoms with Crippen LogP contribution in [0.1, 0.15) is 11.1 Å². The van der Waals surface area contributed by atoms with E-state index in [9.17, 15) is 0 Å². The maximum Gasteiger partial charge on any atom is 0.191 e. The zero-order valence-electron chi connectivity index (χ0n) is 12.4. The van der Waals surface area contributed by atoms with E-state index in [1.165, 1.54) is 5.56 Å². The summed E-state index contributed by atoms with van der Waals surface area (Å²) in [5.41, 5.74) is 2.17. The van der Waals surface area contributed by atoms with E-state index in [0.717, 1.165) is 18.1 Å². The van der Waals surface area contributed by atoms with Crippen molar-refractivity contribution in [2.24, 2.45) is 12.0 Å². The van der Waals surface area contributed by atoms with E-state index in [2.05, 4.69) is 27.9 Å². The highest BCUT2D eigenvalue weighted by atomic mass is 127. The Hall–Kier alpha value is -0.920. The van der Waals surface area contributed by atoms with E-state index in [-0.39, 0.29) is 24.0 Å². The van der Waals surface area contributed by atoms with Gasteiger partial charge in [-0.1, -0.05) is 29.3 Å². The lowest BCUT2D eigenvalue weighted by atomic mass is 10.2. The third-order valence-electron chi connectivity index (χ3n) is 3.04.